The van der Waals surface area contributed by atoms with Crippen LogP contribution in [0.15, 0.2) is 11.2 Å². The van der Waals surface area contributed by atoms with Crippen LogP contribution < -0.4 is 0 Å². The molecule has 1 fully saturated rings. The summed E-state index contributed by atoms with van der Waals surface area (Å²) < 4.78 is 11.4. The second-order valence-electron chi connectivity index (χ2n) is 5.76. The topological polar surface area (TPSA) is 124 Å². The first-order valence-corrected chi connectivity index (χ1v) is 7.82. The summed E-state index contributed by atoms with van der Waals surface area (Å²) in [6, 6.07) is 1.92. The third-order valence-electron chi connectivity index (χ3n) is 4.70. The number of ether oxygens (including phenoxy) is 2. The smallest absolute Gasteiger partial charge is 0.336 e. The standard InChI is InChI=1S/C16H16N4O5/c1-4-24-13(22)11-15(9(3)21)8-18-12-10(6-17)7-19-20(12)16(11,15)14(23)25-5-2/h7-8,11H,4-5H2,1-3H3/t11-,15-,16-/m0/s1. The predicted octanol–water partition coefficient (Wildman–Crippen LogP) is 0.497. The zero-order chi connectivity index (χ0) is 18.4. The van der Waals surface area contributed by atoms with Crippen molar-refractivity contribution in [2.75, 3.05) is 13.2 Å². The third kappa shape index (κ3) is 1.79. The molecule has 2 heterocycles. The lowest BCUT2D eigenvalue weighted by molar-refractivity contribution is -0.155. The van der Waals surface area contributed by atoms with Gasteiger partial charge >= 0.3 is 11.9 Å². The minimum atomic E-state index is -1.72. The molecule has 0 N–H and O–H groups in total. The molecule has 3 rings (SSSR count). The zero-order valence-corrected chi connectivity index (χ0v) is 14.0. The summed E-state index contributed by atoms with van der Waals surface area (Å²) in [7, 11) is 0. The quantitative estimate of drug-likeness (QED) is 0.712. The van der Waals surface area contributed by atoms with Gasteiger partial charge in [0, 0.05) is 6.21 Å². The third-order valence-corrected chi connectivity index (χ3v) is 4.70. The fourth-order valence-corrected chi connectivity index (χ4v) is 3.68. The molecular formula is C16H16N4O5. The molecule has 25 heavy (non-hydrogen) atoms. The van der Waals surface area contributed by atoms with Gasteiger partial charge in [0.15, 0.2) is 11.4 Å². The molecule has 1 aliphatic heterocycles. The van der Waals surface area contributed by atoms with Crippen LogP contribution in [-0.4, -0.2) is 46.9 Å². The minimum absolute atomic E-state index is 0.0585. The van der Waals surface area contributed by atoms with E-state index in [1.165, 1.54) is 19.3 Å². The van der Waals surface area contributed by atoms with E-state index in [0.29, 0.717) is 0 Å². The zero-order valence-electron chi connectivity index (χ0n) is 14.0. The Morgan fingerprint density at radius 3 is 2.56 bits per heavy atom. The van der Waals surface area contributed by atoms with E-state index in [9.17, 15) is 19.6 Å². The van der Waals surface area contributed by atoms with E-state index >= 15 is 0 Å². The SMILES string of the molecule is CCOC(=O)[C@H]1[C@@]2(C(C)=O)C=Nc3c(C#N)cnn3[C@]12C(=O)OCC. The Labute approximate surface area is 143 Å². The minimum Gasteiger partial charge on any atom is -0.466 e. The highest BCUT2D eigenvalue weighted by Gasteiger charge is 2.90. The van der Waals surface area contributed by atoms with E-state index < -0.39 is 34.6 Å². The first-order chi connectivity index (χ1) is 11.9. The van der Waals surface area contributed by atoms with Crippen molar-refractivity contribution in [3.63, 3.8) is 0 Å². The number of hydrogen-bond acceptors (Lipinski definition) is 8. The predicted molar refractivity (Wildman–Crippen MR) is 82.9 cm³/mol. The van der Waals surface area contributed by atoms with E-state index in [-0.39, 0.29) is 24.6 Å². The van der Waals surface area contributed by atoms with Crippen LogP contribution in [0.1, 0.15) is 26.3 Å². The van der Waals surface area contributed by atoms with Gasteiger partial charge in [-0.3, -0.25) is 9.59 Å². The van der Waals surface area contributed by atoms with Gasteiger partial charge in [0.1, 0.15) is 28.7 Å². The van der Waals surface area contributed by atoms with Gasteiger partial charge in [-0.25, -0.2) is 14.5 Å². The molecule has 0 aromatic carbocycles. The van der Waals surface area contributed by atoms with Gasteiger partial charge in [0.05, 0.1) is 19.4 Å². The number of fused-ring (bicyclic) bond motifs is 3. The number of carbonyl (C=O) groups excluding carboxylic acids is 3. The van der Waals surface area contributed by atoms with Crippen LogP contribution in [0.5, 0.6) is 0 Å². The van der Waals surface area contributed by atoms with Gasteiger partial charge in [0.25, 0.3) is 0 Å². The molecule has 0 amide bonds. The number of nitrogens with zero attached hydrogens (tertiary/aromatic N) is 4. The molecule has 0 spiro atoms. The first-order valence-electron chi connectivity index (χ1n) is 7.82. The molecule has 9 heteroatoms. The Bertz CT molecular complexity index is 851. The Hall–Kier alpha value is -3.02. The average Bonchev–Trinajstić information content (AvgIpc) is 3.04. The molecule has 9 nitrogen and oxygen atoms in total. The number of hydrogen-bond donors (Lipinski definition) is 0. The van der Waals surface area contributed by atoms with Crippen molar-refractivity contribution in [1.29, 1.82) is 5.26 Å². The van der Waals surface area contributed by atoms with Crippen LogP contribution in [0.3, 0.4) is 0 Å². The number of Topliss-reactive ketones (excluding diaryl/α,β-unsaturated/α-hetero) is 1. The second kappa shape index (κ2) is 5.51. The normalized spacial score (nSPS) is 28.3. The summed E-state index contributed by atoms with van der Waals surface area (Å²) in [5.41, 5.74) is -3.11. The van der Waals surface area contributed by atoms with E-state index in [2.05, 4.69) is 10.1 Å². The number of aromatic nitrogens is 2. The Kier molecular flexibility index (Phi) is 3.71. The molecule has 130 valence electrons. The Morgan fingerprint density at radius 1 is 1.32 bits per heavy atom. The lowest BCUT2D eigenvalue weighted by Crippen LogP contribution is -2.42. The van der Waals surface area contributed by atoms with E-state index in [1.807, 2.05) is 6.07 Å². The van der Waals surface area contributed by atoms with Crippen molar-refractivity contribution in [3.8, 4) is 6.07 Å². The summed E-state index contributed by atoms with van der Waals surface area (Å²) in [5, 5.41) is 13.3. The van der Waals surface area contributed by atoms with Gasteiger partial charge in [-0.15, -0.1) is 0 Å². The monoisotopic (exact) mass is 344 g/mol. The van der Waals surface area contributed by atoms with Crippen molar-refractivity contribution in [3.05, 3.63) is 11.8 Å². The second-order valence-corrected chi connectivity index (χ2v) is 5.76. The molecule has 2 aliphatic rings. The molecule has 0 radical (unpaired) electrons. The molecule has 3 atom stereocenters. The van der Waals surface area contributed by atoms with Crippen LogP contribution in [0.2, 0.25) is 0 Å². The highest BCUT2D eigenvalue weighted by Crippen LogP contribution is 2.70. The molecule has 0 unspecified atom stereocenters. The Balaban J connectivity index is 2.27. The van der Waals surface area contributed by atoms with E-state index in [0.717, 1.165) is 4.68 Å². The molecule has 1 aromatic heterocycles. The highest BCUT2D eigenvalue weighted by molar-refractivity contribution is 6.18. The van der Waals surface area contributed by atoms with Gasteiger partial charge in [-0.1, -0.05) is 0 Å². The van der Waals surface area contributed by atoms with Crippen LogP contribution in [-0.2, 0) is 29.4 Å². The summed E-state index contributed by atoms with van der Waals surface area (Å²) in [6.45, 7) is 4.67. The van der Waals surface area contributed by atoms with E-state index in [1.54, 1.807) is 13.8 Å². The van der Waals surface area contributed by atoms with Gasteiger partial charge in [0.2, 0.25) is 0 Å². The maximum atomic E-state index is 12.9. The lowest BCUT2D eigenvalue weighted by Gasteiger charge is -2.24. The van der Waals surface area contributed by atoms with Crippen molar-refractivity contribution in [2.24, 2.45) is 16.3 Å². The maximum absolute atomic E-state index is 12.9. The fraction of sp³-hybridized carbons (Fsp3) is 0.500. The highest BCUT2D eigenvalue weighted by atomic mass is 16.5. The molecule has 1 aromatic rings. The van der Waals surface area contributed by atoms with Crippen LogP contribution in [0.4, 0.5) is 5.82 Å². The van der Waals surface area contributed by atoms with Crippen molar-refractivity contribution >= 4 is 29.8 Å². The van der Waals surface area contributed by atoms with Gasteiger partial charge < -0.3 is 9.47 Å². The maximum Gasteiger partial charge on any atom is 0.336 e. The van der Waals surface area contributed by atoms with Gasteiger partial charge in [-0.2, -0.15) is 10.4 Å². The number of nitriles is 1. The number of carbonyl (C=O) groups is 3. The summed E-state index contributed by atoms with van der Waals surface area (Å²) in [5.74, 6) is -2.95. The molecule has 0 saturated heterocycles. The van der Waals surface area contributed by atoms with Crippen molar-refractivity contribution in [1.82, 2.24) is 9.78 Å². The first kappa shape index (κ1) is 16.8. The summed E-state index contributed by atoms with van der Waals surface area (Å²) in [4.78, 5) is 42.0. The van der Waals surface area contributed by atoms with Crippen LogP contribution in [0, 0.1) is 22.7 Å². The van der Waals surface area contributed by atoms with Gasteiger partial charge in [-0.05, 0) is 20.8 Å². The Morgan fingerprint density at radius 2 is 2.00 bits per heavy atom. The average molecular weight is 344 g/mol. The van der Waals surface area contributed by atoms with Crippen molar-refractivity contribution in [2.45, 2.75) is 26.3 Å². The lowest BCUT2D eigenvalue weighted by atomic mass is 9.94. The largest absolute Gasteiger partial charge is 0.466 e. The number of esters is 2. The van der Waals surface area contributed by atoms with Crippen LogP contribution in [0.25, 0.3) is 0 Å². The number of aliphatic imine (C=N–C) groups is 1. The fourth-order valence-electron chi connectivity index (χ4n) is 3.68. The molecule has 1 aliphatic carbocycles. The number of ketones is 1. The molecular weight excluding hydrogens is 328 g/mol. The van der Waals surface area contributed by atoms with E-state index in [4.69, 9.17) is 9.47 Å². The number of rotatable bonds is 5. The van der Waals surface area contributed by atoms with Crippen molar-refractivity contribution < 1.29 is 23.9 Å². The summed E-state index contributed by atoms with van der Waals surface area (Å²) in [6.07, 6.45) is 2.50. The summed E-state index contributed by atoms with van der Waals surface area (Å²) >= 11 is 0. The molecule has 1 saturated carbocycles. The van der Waals surface area contributed by atoms with Crippen LogP contribution >= 0.6 is 0 Å². The molecule has 0 bridgehead atoms.